The number of allylic oxidation sites excluding steroid dienone is 2. The highest BCUT2D eigenvalue weighted by Crippen LogP contribution is 2.23. The molecule has 1 aliphatic heterocycles. The Morgan fingerprint density at radius 2 is 1.93 bits per heavy atom. The van der Waals surface area contributed by atoms with Gasteiger partial charge in [0.05, 0.1) is 0 Å². The summed E-state index contributed by atoms with van der Waals surface area (Å²) in [6.45, 7) is 11.2. The number of benzene rings is 2. The summed E-state index contributed by atoms with van der Waals surface area (Å²) in [5.41, 5.74) is 4.23. The highest BCUT2D eigenvalue weighted by molar-refractivity contribution is 6.05. The number of aliphatic imine (C=N–C) groups is 1. The van der Waals surface area contributed by atoms with Crippen molar-refractivity contribution in [1.82, 2.24) is 5.32 Å². The number of amidine groups is 1. The number of para-hydroxylation sites is 2. The third kappa shape index (κ3) is 5.03. The van der Waals surface area contributed by atoms with Gasteiger partial charge >= 0.3 is 0 Å². The van der Waals surface area contributed by atoms with Crippen molar-refractivity contribution in [2.75, 3.05) is 11.9 Å². The Balaban J connectivity index is 1.75. The van der Waals surface area contributed by atoms with Crippen molar-refractivity contribution in [1.29, 1.82) is 0 Å². The lowest BCUT2D eigenvalue weighted by molar-refractivity contribution is 0.299. The van der Waals surface area contributed by atoms with E-state index >= 15 is 0 Å². The van der Waals surface area contributed by atoms with Crippen LogP contribution in [0.3, 0.4) is 0 Å². The topological polar surface area (TPSA) is 45.7 Å². The van der Waals surface area contributed by atoms with Gasteiger partial charge in [0.15, 0.2) is 6.17 Å². The van der Waals surface area contributed by atoms with Gasteiger partial charge in [-0.05, 0) is 49.6 Å². The van der Waals surface area contributed by atoms with Crippen LogP contribution < -0.4 is 15.4 Å². The zero-order valence-electron chi connectivity index (χ0n) is 16.9. The normalized spacial score (nSPS) is 17.0. The van der Waals surface area contributed by atoms with Crippen LogP contribution in [0, 0.1) is 5.92 Å². The Labute approximate surface area is 168 Å². The average Bonchev–Trinajstić information content (AvgIpc) is 2.72. The summed E-state index contributed by atoms with van der Waals surface area (Å²) < 4.78 is 5.89. The molecule has 0 aliphatic carbocycles. The van der Waals surface area contributed by atoms with Gasteiger partial charge in [-0.2, -0.15) is 0 Å². The van der Waals surface area contributed by atoms with Gasteiger partial charge < -0.3 is 15.4 Å². The van der Waals surface area contributed by atoms with Gasteiger partial charge in [0.1, 0.15) is 18.2 Å². The molecule has 2 aromatic rings. The Morgan fingerprint density at radius 3 is 2.68 bits per heavy atom. The zero-order valence-corrected chi connectivity index (χ0v) is 16.9. The fourth-order valence-electron chi connectivity index (χ4n) is 3.05. The molecule has 2 N–H and O–H groups in total. The number of rotatable bonds is 7. The van der Waals surface area contributed by atoms with Crippen LogP contribution in [0.15, 0.2) is 83.5 Å². The summed E-state index contributed by atoms with van der Waals surface area (Å²) in [6, 6.07) is 17.9. The van der Waals surface area contributed by atoms with Gasteiger partial charge in [0, 0.05) is 16.9 Å². The highest BCUT2D eigenvalue weighted by Gasteiger charge is 2.20. The average molecular weight is 376 g/mol. The molecule has 146 valence electrons. The van der Waals surface area contributed by atoms with Crippen LogP contribution in [0.1, 0.15) is 32.8 Å². The first-order valence-corrected chi connectivity index (χ1v) is 9.82. The van der Waals surface area contributed by atoms with Crippen LogP contribution in [0.5, 0.6) is 5.75 Å². The maximum absolute atomic E-state index is 5.89. The second kappa shape index (κ2) is 9.27. The van der Waals surface area contributed by atoms with E-state index in [1.807, 2.05) is 42.5 Å². The smallest absolute Gasteiger partial charge is 0.155 e. The number of anilines is 1. The lowest BCUT2D eigenvalue weighted by atomic mass is 9.99. The van der Waals surface area contributed by atoms with E-state index < -0.39 is 0 Å². The number of hydrogen-bond acceptors (Lipinski definition) is 4. The second-order valence-corrected chi connectivity index (χ2v) is 7.16. The fraction of sp³-hybridized carbons (Fsp3) is 0.292. The Morgan fingerprint density at radius 1 is 1.21 bits per heavy atom. The van der Waals surface area contributed by atoms with Crippen molar-refractivity contribution in [2.24, 2.45) is 10.9 Å². The van der Waals surface area contributed by atoms with E-state index in [1.54, 1.807) is 0 Å². The molecule has 0 amide bonds. The van der Waals surface area contributed by atoms with Crippen molar-refractivity contribution in [3.63, 3.8) is 0 Å². The predicted octanol–water partition coefficient (Wildman–Crippen LogP) is 5.36. The number of nitrogens with zero attached hydrogens (tertiary/aromatic N) is 1. The van der Waals surface area contributed by atoms with Crippen LogP contribution in [-0.4, -0.2) is 18.6 Å². The number of ether oxygens (including phenoxy) is 1. The summed E-state index contributed by atoms with van der Waals surface area (Å²) in [4.78, 5) is 4.83. The molecule has 0 spiro atoms. The molecule has 4 nitrogen and oxygen atoms in total. The summed E-state index contributed by atoms with van der Waals surface area (Å²) in [7, 11) is 0. The maximum Gasteiger partial charge on any atom is 0.155 e. The van der Waals surface area contributed by atoms with E-state index in [4.69, 9.17) is 9.73 Å². The van der Waals surface area contributed by atoms with Gasteiger partial charge in [-0.1, -0.05) is 56.3 Å². The highest BCUT2D eigenvalue weighted by atomic mass is 16.5. The van der Waals surface area contributed by atoms with Crippen molar-refractivity contribution in [3.05, 3.63) is 84.1 Å². The molecule has 0 aromatic heterocycles. The van der Waals surface area contributed by atoms with Crippen LogP contribution in [-0.2, 0) is 0 Å². The van der Waals surface area contributed by atoms with E-state index in [0.717, 1.165) is 35.0 Å². The van der Waals surface area contributed by atoms with Crippen LogP contribution in [0.2, 0.25) is 0 Å². The maximum atomic E-state index is 5.89. The van der Waals surface area contributed by atoms with Crippen molar-refractivity contribution in [3.8, 4) is 5.75 Å². The standard InChI is InChI=1S/C24H29N3O/c1-5-17(2)18(3)15-19(4)25-24-21-13-9-10-14-22(21)26-23(27-24)16-28-20-11-7-6-8-12-20/h6-15,17,23,26H,4-5,16H2,1-3H3,(H,25,27)/b18-15+. The largest absolute Gasteiger partial charge is 0.489 e. The molecule has 0 fully saturated rings. The van der Waals surface area contributed by atoms with Gasteiger partial charge in [-0.3, -0.25) is 0 Å². The molecule has 2 atom stereocenters. The van der Waals surface area contributed by atoms with E-state index in [1.165, 1.54) is 5.57 Å². The molecule has 0 radical (unpaired) electrons. The Bertz CT molecular complexity index is 870. The molecule has 2 aromatic carbocycles. The van der Waals surface area contributed by atoms with E-state index in [9.17, 15) is 0 Å². The molecule has 4 heteroatoms. The fourth-order valence-corrected chi connectivity index (χ4v) is 3.05. The first-order valence-electron chi connectivity index (χ1n) is 9.82. The predicted molar refractivity (Wildman–Crippen MR) is 118 cm³/mol. The van der Waals surface area contributed by atoms with Crippen molar-refractivity contribution < 1.29 is 4.74 Å². The first kappa shape index (κ1) is 19.7. The number of nitrogens with one attached hydrogen (secondary N) is 2. The summed E-state index contributed by atoms with van der Waals surface area (Å²) in [5, 5.41) is 6.84. The summed E-state index contributed by atoms with van der Waals surface area (Å²) >= 11 is 0. The quantitative estimate of drug-likeness (QED) is 0.641. The monoisotopic (exact) mass is 375 g/mol. The van der Waals surface area contributed by atoms with Gasteiger partial charge in [-0.15, -0.1) is 0 Å². The Hall–Kier alpha value is -3.01. The van der Waals surface area contributed by atoms with Gasteiger partial charge in [-0.25, -0.2) is 4.99 Å². The molecule has 0 saturated carbocycles. The molecule has 1 heterocycles. The molecule has 1 aliphatic rings. The second-order valence-electron chi connectivity index (χ2n) is 7.16. The summed E-state index contributed by atoms with van der Waals surface area (Å²) in [6.07, 6.45) is 3.05. The molecule has 3 rings (SSSR count). The minimum atomic E-state index is -0.176. The third-order valence-corrected chi connectivity index (χ3v) is 5.01. The third-order valence-electron chi connectivity index (χ3n) is 5.01. The van der Waals surface area contributed by atoms with Crippen LogP contribution in [0.4, 0.5) is 5.69 Å². The van der Waals surface area contributed by atoms with Crippen LogP contribution in [0.25, 0.3) is 0 Å². The minimum absolute atomic E-state index is 0.176. The summed E-state index contributed by atoms with van der Waals surface area (Å²) in [5.74, 6) is 2.19. The van der Waals surface area contributed by atoms with Gasteiger partial charge in [0.25, 0.3) is 0 Å². The molecule has 0 saturated heterocycles. The van der Waals surface area contributed by atoms with E-state index in [0.29, 0.717) is 12.5 Å². The lowest BCUT2D eigenvalue weighted by Crippen LogP contribution is -2.36. The SMILES string of the molecule is C=C(/C=C(\C)C(C)CC)NC1=NC(COc2ccccc2)Nc2ccccc21. The van der Waals surface area contributed by atoms with Crippen molar-refractivity contribution >= 4 is 11.5 Å². The molecule has 28 heavy (non-hydrogen) atoms. The molecule has 2 unspecified atom stereocenters. The first-order chi connectivity index (χ1) is 13.6. The minimum Gasteiger partial charge on any atom is -0.489 e. The van der Waals surface area contributed by atoms with E-state index in [2.05, 4.69) is 56.2 Å². The van der Waals surface area contributed by atoms with Crippen molar-refractivity contribution in [2.45, 2.75) is 33.4 Å². The number of fused-ring (bicyclic) bond motifs is 1. The Kier molecular flexibility index (Phi) is 6.53. The molecular weight excluding hydrogens is 346 g/mol. The molecular formula is C24H29N3O. The van der Waals surface area contributed by atoms with E-state index in [-0.39, 0.29) is 6.17 Å². The van der Waals surface area contributed by atoms with Crippen LogP contribution >= 0.6 is 0 Å². The lowest BCUT2D eigenvalue weighted by Gasteiger charge is -2.26. The zero-order chi connectivity index (χ0) is 19.9. The number of hydrogen-bond donors (Lipinski definition) is 2. The molecule has 0 bridgehead atoms. The van der Waals surface area contributed by atoms with Gasteiger partial charge in [0.2, 0.25) is 0 Å².